The normalized spacial score (nSPS) is 21.4. The van der Waals surface area contributed by atoms with Gasteiger partial charge in [0, 0.05) is 29.5 Å². The van der Waals surface area contributed by atoms with Gasteiger partial charge in [-0.2, -0.15) is 0 Å². The van der Waals surface area contributed by atoms with Crippen LogP contribution < -0.4 is 0 Å². The molecule has 1 heterocycles. The zero-order valence-electron chi connectivity index (χ0n) is 18.6. The van der Waals surface area contributed by atoms with Crippen molar-refractivity contribution in [2.24, 2.45) is 4.99 Å². The molecule has 1 aliphatic carbocycles. The van der Waals surface area contributed by atoms with Crippen LogP contribution in [0.5, 0.6) is 0 Å². The summed E-state index contributed by atoms with van der Waals surface area (Å²) in [5.41, 5.74) is 2.16. The van der Waals surface area contributed by atoms with Crippen LogP contribution in [0.3, 0.4) is 0 Å². The van der Waals surface area contributed by atoms with Gasteiger partial charge in [-0.05, 0) is 65.5 Å². The second kappa shape index (κ2) is 9.94. The predicted octanol–water partition coefficient (Wildman–Crippen LogP) is 5.75. The van der Waals surface area contributed by atoms with E-state index in [0.29, 0.717) is 17.6 Å². The molecule has 1 aromatic rings. The van der Waals surface area contributed by atoms with E-state index in [-0.39, 0.29) is 10.6 Å². The van der Waals surface area contributed by atoms with Crippen LogP contribution in [0.15, 0.2) is 17.1 Å². The van der Waals surface area contributed by atoms with Gasteiger partial charge in [-0.15, -0.1) is 0 Å². The number of hydrogen-bond acceptors (Lipinski definition) is 5. The van der Waals surface area contributed by atoms with Crippen molar-refractivity contribution in [2.45, 2.75) is 91.3 Å². The average Bonchev–Trinajstić information content (AvgIpc) is 3.26. The van der Waals surface area contributed by atoms with Gasteiger partial charge in [-0.1, -0.05) is 31.5 Å². The fourth-order valence-corrected chi connectivity index (χ4v) is 5.08. The number of nitro groups is 1. The maximum absolute atomic E-state index is 11.1. The van der Waals surface area contributed by atoms with E-state index in [1.54, 1.807) is 32.9 Å². The van der Waals surface area contributed by atoms with Crippen LogP contribution in [0.1, 0.15) is 70.9 Å². The third kappa shape index (κ3) is 6.44. The monoisotopic (exact) mass is 421 g/mol. The molecule has 0 bridgehead atoms. The Morgan fingerprint density at radius 3 is 2.34 bits per heavy atom. The lowest BCUT2D eigenvalue weighted by atomic mass is 10.1. The number of thioether (sulfide) groups is 1. The van der Waals surface area contributed by atoms with Crippen molar-refractivity contribution in [3.8, 4) is 0 Å². The van der Waals surface area contributed by atoms with Gasteiger partial charge in [-0.25, -0.2) is 4.99 Å². The Balaban J connectivity index is 0.000000537. The first-order chi connectivity index (χ1) is 13.5. The molecule has 7 heteroatoms. The van der Waals surface area contributed by atoms with Crippen molar-refractivity contribution < 1.29 is 10.0 Å². The Morgan fingerprint density at radius 1 is 1.24 bits per heavy atom. The Kier molecular flexibility index (Phi) is 8.11. The zero-order chi connectivity index (χ0) is 21.8. The molecule has 6 nitrogen and oxygen atoms in total. The molecule has 1 N–H and O–H groups in total. The Hall–Kier alpha value is -1.60. The fourth-order valence-electron chi connectivity index (χ4n) is 3.74. The molecule has 2 fully saturated rings. The lowest BCUT2D eigenvalue weighted by Gasteiger charge is -2.31. The first-order valence-electron chi connectivity index (χ1n) is 10.5. The van der Waals surface area contributed by atoms with Gasteiger partial charge in [0.1, 0.15) is 0 Å². The second-order valence-corrected chi connectivity index (χ2v) is 9.88. The molecule has 162 valence electrons. The second-order valence-electron chi connectivity index (χ2n) is 8.89. The number of hydrogen-bond donors (Lipinski definition) is 1. The number of nitrogens with zero attached hydrogens (tertiary/aromatic N) is 3. The summed E-state index contributed by atoms with van der Waals surface area (Å²) in [6.45, 7) is 11.2. The molecule has 1 unspecified atom stereocenters. The van der Waals surface area contributed by atoms with Crippen LogP contribution in [0.25, 0.3) is 0 Å². The number of benzene rings is 1. The van der Waals surface area contributed by atoms with Crippen LogP contribution in [-0.4, -0.2) is 43.5 Å². The largest absolute Gasteiger partial charge is 0.391 e. The Morgan fingerprint density at radius 2 is 1.83 bits per heavy atom. The summed E-state index contributed by atoms with van der Waals surface area (Å²) in [4.78, 5) is 18.2. The van der Waals surface area contributed by atoms with Crippen molar-refractivity contribution >= 4 is 28.3 Å². The van der Waals surface area contributed by atoms with Crippen LogP contribution in [0, 0.1) is 24.0 Å². The Labute approximate surface area is 178 Å². The molecule has 1 saturated heterocycles. The molecular weight excluding hydrogens is 386 g/mol. The number of aliphatic imine (C=N–C) groups is 1. The minimum absolute atomic E-state index is 0.176. The van der Waals surface area contributed by atoms with E-state index in [4.69, 9.17) is 10.1 Å². The van der Waals surface area contributed by atoms with E-state index in [1.165, 1.54) is 25.7 Å². The summed E-state index contributed by atoms with van der Waals surface area (Å²) < 4.78 is 0. The third-order valence-corrected chi connectivity index (χ3v) is 6.46. The van der Waals surface area contributed by atoms with Gasteiger partial charge < -0.3 is 10.0 Å². The Bertz CT molecular complexity index is 746. The fraction of sp³-hybridized carbons (Fsp3) is 0.682. The summed E-state index contributed by atoms with van der Waals surface area (Å²) in [7, 11) is 0. The van der Waals surface area contributed by atoms with Crippen molar-refractivity contribution in [3.63, 3.8) is 0 Å². The summed E-state index contributed by atoms with van der Waals surface area (Å²) >= 11 is 1.83. The molecule has 1 saturated carbocycles. The van der Waals surface area contributed by atoms with Crippen molar-refractivity contribution in [1.82, 2.24) is 4.90 Å². The van der Waals surface area contributed by atoms with Crippen LogP contribution >= 0.6 is 11.8 Å². The van der Waals surface area contributed by atoms with Gasteiger partial charge in [0.25, 0.3) is 5.69 Å². The molecule has 1 aromatic carbocycles. The van der Waals surface area contributed by atoms with E-state index in [1.807, 2.05) is 25.6 Å². The number of rotatable bonds is 4. The standard InChI is InChI=1S/C18H25N3O2S.C4H10O/c1-4-14-11-24-18(20(14)15-7-5-6-8-15)19-16-9-10-17(21(22)23)13(3)12(16)2;1-4(2,3)5/h9-10,14-15H,4-8,11H2,1-3H3;5H,1-3H3. The van der Waals surface area contributed by atoms with Crippen molar-refractivity contribution in [2.75, 3.05) is 5.75 Å². The van der Waals surface area contributed by atoms with Crippen molar-refractivity contribution in [3.05, 3.63) is 33.4 Å². The van der Waals surface area contributed by atoms with Crippen LogP contribution in [0.4, 0.5) is 11.4 Å². The lowest BCUT2D eigenvalue weighted by molar-refractivity contribution is -0.385. The van der Waals surface area contributed by atoms with Gasteiger partial charge in [0.2, 0.25) is 0 Å². The molecule has 0 spiro atoms. The quantitative estimate of drug-likeness (QED) is 0.495. The summed E-state index contributed by atoms with van der Waals surface area (Å²) in [6, 6.07) is 4.55. The van der Waals surface area contributed by atoms with E-state index < -0.39 is 5.60 Å². The highest BCUT2D eigenvalue weighted by Crippen LogP contribution is 2.37. The maximum atomic E-state index is 11.1. The minimum atomic E-state index is -0.500. The number of aliphatic hydroxyl groups is 1. The molecule has 0 radical (unpaired) electrons. The van der Waals surface area contributed by atoms with E-state index >= 15 is 0 Å². The number of nitro benzene ring substituents is 1. The minimum Gasteiger partial charge on any atom is -0.391 e. The molecule has 2 aliphatic rings. The molecule has 1 aliphatic heterocycles. The molecule has 3 rings (SSSR count). The summed E-state index contributed by atoms with van der Waals surface area (Å²) in [5, 5.41) is 20.7. The maximum Gasteiger partial charge on any atom is 0.272 e. The van der Waals surface area contributed by atoms with Gasteiger partial charge in [0.15, 0.2) is 5.17 Å². The van der Waals surface area contributed by atoms with Gasteiger partial charge >= 0.3 is 0 Å². The predicted molar refractivity (Wildman–Crippen MR) is 122 cm³/mol. The molecule has 0 aromatic heterocycles. The SMILES string of the molecule is CC(C)(C)O.CCC1CSC(=Nc2ccc([N+](=O)[O-])c(C)c2C)N1C1CCCC1. The van der Waals surface area contributed by atoms with Gasteiger partial charge in [-0.3, -0.25) is 10.1 Å². The topological polar surface area (TPSA) is 79.0 Å². The van der Waals surface area contributed by atoms with Crippen LogP contribution in [-0.2, 0) is 0 Å². The lowest BCUT2D eigenvalue weighted by Crippen LogP contribution is -2.40. The smallest absolute Gasteiger partial charge is 0.272 e. The van der Waals surface area contributed by atoms with E-state index in [9.17, 15) is 10.1 Å². The number of amidine groups is 1. The van der Waals surface area contributed by atoms with Crippen LogP contribution in [0.2, 0.25) is 0 Å². The third-order valence-electron chi connectivity index (χ3n) is 5.35. The van der Waals surface area contributed by atoms with Crippen molar-refractivity contribution in [1.29, 1.82) is 0 Å². The highest BCUT2D eigenvalue weighted by atomic mass is 32.2. The summed E-state index contributed by atoms with van der Waals surface area (Å²) in [6.07, 6.45) is 6.28. The first-order valence-corrected chi connectivity index (χ1v) is 11.5. The molecular formula is C22H35N3O3S. The van der Waals surface area contributed by atoms with E-state index in [0.717, 1.165) is 28.6 Å². The highest BCUT2D eigenvalue weighted by molar-refractivity contribution is 8.14. The molecule has 1 atom stereocenters. The average molecular weight is 422 g/mol. The molecule has 0 amide bonds. The highest BCUT2D eigenvalue weighted by Gasteiger charge is 2.35. The molecule has 29 heavy (non-hydrogen) atoms. The van der Waals surface area contributed by atoms with E-state index in [2.05, 4.69) is 11.8 Å². The first kappa shape index (κ1) is 23.7. The van der Waals surface area contributed by atoms with Gasteiger partial charge in [0.05, 0.1) is 16.2 Å². The zero-order valence-corrected chi connectivity index (χ0v) is 19.4. The summed E-state index contributed by atoms with van der Waals surface area (Å²) in [5.74, 6) is 1.09.